The van der Waals surface area contributed by atoms with Crippen molar-refractivity contribution >= 4 is 11.9 Å². The molecular weight excluding hydrogens is 366 g/mol. The van der Waals surface area contributed by atoms with Crippen molar-refractivity contribution in [3.05, 3.63) is 83.2 Å². The molecule has 0 aliphatic carbocycles. The van der Waals surface area contributed by atoms with E-state index in [4.69, 9.17) is 4.74 Å². The number of carbonyl (C=O) groups excluding carboxylic acids is 2. The van der Waals surface area contributed by atoms with Gasteiger partial charge in [-0.05, 0) is 38.0 Å². The Kier molecular flexibility index (Phi) is 6.79. The number of aryl methyl sites for hydroxylation is 2. The van der Waals surface area contributed by atoms with Crippen molar-refractivity contribution in [1.82, 2.24) is 15.1 Å². The number of para-hydroxylation sites is 1. The first-order valence-corrected chi connectivity index (χ1v) is 9.64. The molecule has 1 N–H and O–H groups in total. The topological polar surface area (TPSA) is 73.2 Å². The summed E-state index contributed by atoms with van der Waals surface area (Å²) in [6.07, 6.45) is 2.59. The molecule has 0 atom stereocenters. The number of carbonyl (C=O) groups is 2. The van der Waals surface area contributed by atoms with Gasteiger partial charge in [0.2, 0.25) is 5.91 Å². The van der Waals surface area contributed by atoms with Gasteiger partial charge in [0.1, 0.15) is 12.2 Å². The Labute approximate surface area is 170 Å². The SMILES string of the molecule is Cc1ccc(CCC(=O)NCCOC(=O)c2cnn(-c3ccccc3)c2C)cc1. The van der Waals surface area contributed by atoms with Gasteiger partial charge in [-0.3, -0.25) is 4.79 Å². The number of nitrogens with zero attached hydrogens (tertiary/aromatic N) is 2. The van der Waals surface area contributed by atoms with Crippen LogP contribution in [-0.4, -0.2) is 34.8 Å². The number of hydrogen-bond donors (Lipinski definition) is 1. The molecule has 0 radical (unpaired) electrons. The molecular formula is C23H25N3O3. The van der Waals surface area contributed by atoms with E-state index in [1.54, 1.807) is 4.68 Å². The van der Waals surface area contributed by atoms with E-state index in [9.17, 15) is 9.59 Å². The molecule has 150 valence electrons. The van der Waals surface area contributed by atoms with Gasteiger partial charge in [0.05, 0.1) is 24.1 Å². The maximum Gasteiger partial charge on any atom is 0.341 e. The van der Waals surface area contributed by atoms with Crippen LogP contribution < -0.4 is 5.32 Å². The second-order valence-electron chi connectivity index (χ2n) is 6.86. The molecule has 1 amide bonds. The lowest BCUT2D eigenvalue weighted by Gasteiger charge is -2.08. The monoisotopic (exact) mass is 391 g/mol. The fraction of sp³-hybridized carbons (Fsp3) is 0.261. The number of esters is 1. The third-order valence-corrected chi connectivity index (χ3v) is 4.65. The zero-order valence-corrected chi connectivity index (χ0v) is 16.7. The van der Waals surface area contributed by atoms with Crippen molar-refractivity contribution in [3.63, 3.8) is 0 Å². The summed E-state index contributed by atoms with van der Waals surface area (Å²) in [6.45, 7) is 4.25. The smallest absolute Gasteiger partial charge is 0.341 e. The third-order valence-electron chi connectivity index (χ3n) is 4.65. The maximum absolute atomic E-state index is 12.3. The summed E-state index contributed by atoms with van der Waals surface area (Å²) >= 11 is 0. The lowest BCUT2D eigenvalue weighted by molar-refractivity contribution is -0.121. The Hall–Kier alpha value is -3.41. The molecule has 0 spiro atoms. The largest absolute Gasteiger partial charge is 0.460 e. The van der Waals surface area contributed by atoms with Crippen LogP contribution in [0.25, 0.3) is 5.69 Å². The number of nitrogens with one attached hydrogen (secondary N) is 1. The summed E-state index contributed by atoms with van der Waals surface area (Å²) in [6, 6.07) is 17.7. The zero-order valence-electron chi connectivity index (χ0n) is 16.7. The lowest BCUT2D eigenvalue weighted by Crippen LogP contribution is -2.28. The van der Waals surface area contributed by atoms with Gasteiger partial charge in [-0.15, -0.1) is 0 Å². The molecule has 2 aromatic carbocycles. The summed E-state index contributed by atoms with van der Waals surface area (Å²) in [5.74, 6) is -0.506. The predicted octanol–water partition coefficient (Wildman–Crippen LogP) is 3.39. The van der Waals surface area contributed by atoms with Gasteiger partial charge in [0, 0.05) is 6.42 Å². The first-order chi connectivity index (χ1) is 14.0. The fourth-order valence-corrected chi connectivity index (χ4v) is 2.95. The second kappa shape index (κ2) is 9.68. The summed E-state index contributed by atoms with van der Waals surface area (Å²) < 4.78 is 6.98. The highest BCUT2D eigenvalue weighted by Crippen LogP contribution is 2.14. The van der Waals surface area contributed by atoms with Crippen molar-refractivity contribution in [2.24, 2.45) is 0 Å². The second-order valence-corrected chi connectivity index (χ2v) is 6.86. The summed E-state index contributed by atoms with van der Waals surface area (Å²) in [5.41, 5.74) is 4.33. The quantitative estimate of drug-likeness (QED) is 0.472. The molecule has 0 fully saturated rings. The molecule has 6 nitrogen and oxygen atoms in total. The molecule has 6 heteroatoms. The van der Waals surface area contributed by atoms with Crippen LogP contribution in [0.15, 0.2) is 60.8 Å². The minimum absolute atomic E-state index is 0.0605. The van der Waals surface area contributed by atoms with Gasteiger partial charge in [-0.2, -0.15) is 5.10 Å². The lowest BCUT2D eigenvalue weighted by atomic mass is 10.1. The standard InChI is InChI=1S/C23H25N3O3/c1-17-8-10-19(11-9-17)12-13-22(27)24-14-15-29-23(28)21-16-25-26(18(21)2)20-6-4-3-5-7-20/h3-11,16H,12-15H2,1-2H3,(H,24,27). The maximum atomic E-state index is 12.3. The van der Waals surface area contributed by atoms with Crippen LogP contribution in [0.2, 0.25) is 0 Å². The number of ether oxygens (including phenoxy) is 1. The summed E-state index contributed by atoms with van der Waals surface area (Å²) in [7, 11) is 0. The molecule has 0 bridgehead atoms. The molecule has 1 aromatic heterocycles. The minimum Gasteiger partial charge on any atom is -0.460 e. The predicted molar refractivity (Wildman–Crippen MR) is 111 cm³/mol. The van der Waals surface area contributed by atoms with E-state index in [2.05, 4.69) is 10.4 Å². The van der Waals surface area contributed by atoms with E-state index in [-0.39, 0.29) is 19.1 Å². The number of benzene rings is 2. The molecule has 29 heavy (non-hydrogen) atoms. The van der Waals surface area contributed by atoms with Crippen LogP contribution >= 0.6 is 0 Å². The van der Waals surface area contributed by atoms with Crippen molar-refractivity contribution in [3.8, 4) is 5.69 Å². The molecule has 0 saturated heterocycles. The van der Waals surface area contributed by atoms with Gasteiger partial charge >= 0.3 is 5.97 Å². The average molecular weight is 391 g/mol. The van der Waals surface area contributed by atoms with Crippen molar-refractivity contribution in [2.45, 2.75) is 26.7 Å². The van der Waals surface area contributed by atoms with Crippen LogP contribution in [0.1, 0.15) is 33.6 Å². The molecule has 3 aromatic rings. The molecule has 1 heterocycles. The van der Waals surface area contributed by atoms with Crippen LogP contribution in [0, 0.1) is 13.8 Å². The van der Waals surface area contributed by atoms with Crippen LogP contribution in [0.3, 0.4) is 0 Å². The molecule has 0 saturated carbocycles. The van der Waals surface area contributed by atoms with Gasteiger partial charge < -0.3 is 10.1 Å². The van der Waals surface area contributed by atoms with Crippen molar-refractivity contribution in [1.29, 1.82) is 0 Å². The van der Waals surface area contributed by atoms with Crippen molar-refractivity contribution in [2.75, 3.05) is 13.2 Å². The molecule has 0 unspecified atom stereocenters. The van der Waals surface area contributed by atoms with Gasteiger partial charge in [-0.25, -0.2) is 9.48 Å². The first-order valence-electron chi connectivity index (χ1n) is 9.64. The number of hydrogen-bond acceptors (Lipinski definition) is 4. The first kappa shape index (κ1) is 20.3. The van der Waals surface area contributed by atoms with Gasteiger partial charge in [0.15, 0.2) is 0 Å². The van der Waals surface area contributed by atoms with E-state index >= 15 is 0 Å². The van der Waals surface area contributed by atoms with Crippen LogP contribution in [0.5, 0.6) is 0 Å². The Morgan fingerprint density at radius 2 is 1.76 bits per heavy atom. The Bertz CT molecular complexity index is 963. The van der Waals surface area contributed by atoms with Gasteiger partial charge in [0.25, 0.3) is 0 Å². The van der Waals surface area contributed by atoms with Crippen molar-refractivity contribution < 1.29 is 14.3 Å². The third kappa shape index (κ3) is 5.54. The normalized spacial score (nSPS) is 10.6. The number of rotatable bonds is 8. The fourth-order valence-electron chi connectivity index (χ4n) is 2.95. The minimum atomic E-state index is -0.446. The highest BCUT2D eigenvalue weighted by atomic mass is 16.5. The highest BCUT2D eigenvalue weighted by molar-refractivity contribution is 5.90. The highest BCUT2D eigenvalue weighted by Gasteiger charge is 2.16. The summed E-state index contributed by atoms with van der Waals surface area (Å²) in [5, 5.41) is 7.05. The number of aromatic nitrogens is 2. The van der Waals surface area contributed by atoms with E-state index in [0.29, 0.717) is 24.1 Å². The Morgan fingerprint density at radius 3 is 2.48 bits per heavy atom. The van der Waals surface area contributed by atoms with E-state index in [1.165, 1.54) is 11.8 Å². The van der Waals surface area contributed by atoms with E-state index in [0.717, 1.165) is 11.3 Å². The van der Waals surface area contributed by atoms with Gasteiger partial charge in [-0.1, -0.05) is 48.0 Å². The van der Waals surface area contributed by atoms with E-state index in [1.807, 2.05) is 68.4 Å². The molecule has 0 aliphatic rings. The molecule has 0 aliphatic heterocycles. The average Bonchev–Trinajstić information content (AvgIpc) is 3.12. The van der Waals surface area contributed by atoms with Crippen LogP contribution in [0.4, 0.5) is 0 Å². The number of amides is 1. The van der Waals surface area contributed by atoms with Crippen LogP contribution in [-0.2, 0) is 16.0 Å². The van der Waals surface area contributed by atoms with E-state index < -0.39 is 5.97 Å². The Morgan fingerprint density at radius 1 is 1.03 bits per heavy atom. The molecule has 3 rings (SSSR count). The summed E-state index contributed by atoms with van der Waals surface area (Å²) in [4.78, 5) is 24.3. The Balaban J connectivity index is 1.41. The zero-order chi connectivity index (χ0) is 20.6.